The van der Waals surface area contributed by atoms with Gasteiger partial charge >= 0.3 is 0 Å². The van der Waals surface area contributed by atoms with E-state index < -0.39 is 0 Å². The van der Waals surface area contributed by atoms with Gasteiger partial charge in [0.05, 0.1) is 6.54 Å². The van der Waals surface area contributed by atoms with Gasteiger partial charge < -0.3 is 10.2 Å². The Balaban J connectivity index is 1.76. The van der Waals surface area contributed by atoms with Crippen molar-refractivity contribution < 1.29 is 4.79 Å². The van der Waals surface area contributed by atoms with Gasteiger partial charge in [-0.15, -0.1) is 0 Å². The monoisotopic (exact) mass is 225 g/mol. The number of carbonyl (C=O) groups is 1. The number of amides is 1. The van der Waals surface area contributed by atoms with Crippen LogP contribution in [0, 0.1) is 0 Å². The molecule has 0 saturated carbocycles. The zero-order valence-corrected chi connectivity index (χ0v) is 10.4. The Bertz CT molecular complexity index is 257. The van der Waals surface area contributed by atoms with E-state index in [9.17, 15) is 4.79 Å². The summed E-state index contributed by atoms with van der Waals surface area (Å²) in [5.74, 6) is 0.207. The second kappa shape index (κ2) is 5.15. The predicted molar refractivity (Wildman–Crippen MR) is 64.3 cm³/mol. The zero-order valence-electron chi connectivity index (χ0n) is 10.4. The molecule has 2 heterocycles. The predicted octanol–water partition coefficient (Wildman–Crippen LogP) is 0.291. The first-order valence-electron chi connectivity index (χ1n) is 6.43. The van der Waals surface area contributed by atoms with E-state index in [1.807, 2.05) is 14.0 Å². The SMILES string of the molecule is CCN(C)C(=O)CNC1CCN2CCCC12. The van der Waals surface area contributed by atoms with Crippen molar-refractivity contribution >= 4 is 5.91 Å². The molecule has 2 aliphatic heterocycles. The largest absolute Gasteiger partial charge is 0.345 e. The topological polar surface area (TPSA) is 35.6 Å². The lowest BCUT2D eigenvalue weighted by molar-refractivity contribution is -0.128. The van der Waals surface area contributed by atoms with Crippen molar-refractivity contribution in [3.05, 3.63) is 0 Å². The maximum atomic E-state index is 11.7. The summed E-state index contributed by atoms with van der Waals surface area (Å²) in [5, 5.41) is 3.44. The van der Waals surface area contributed by atoms with Gasteiger partial charge in [-0.2, -0.15) is 0 Å². The third kappa shape index (κ3) is 2.38. The fourth-order valence-corrected chi connectivity index (χ4v) is 2.85. The van der Waals surface area contributed by atoms with Crippen LogP contribution in [0.5, 0.6) is 0 Å². The molecule has 1 N–H and O–H groups in total. The Morgan fingerprint density at radius 2 is 2.25 bits per heavy atom. The van der Waals surface area contributed by atoms with Crippen LogP contribution in [0.15, 0.2) is 0 Å². The van der Waals surface area contributed by atoms with Gasteiger partial charge in [0, 0.05) is 32.2 Å². The molecule has 0 bridgehead atoms. The summed E-state index contributed by atoms with van der Waals surface area (Å²) in [6.07, 6.45) is 3.83. The Kier molecular flexibility index (Phi) is 3.82. The summed E-state index contributed by atoms with van der Waals surface area (Å²) in [6.45, 7) is 5.76. The Morgan fingerprint density at radius 1 is 1.44 bits per heavy atom. The van der Waals surface area contributed by atoms with Gasteiger partial charge in [0.2, 0.25) is 5.91 Å². The lowest BCUT2D eigenvalue weighted by atomic mass is 10.1. The maximum absolute atomic E-state index is 11.7. The van der Waals surface area contributed by atoms with Crippen LogP contribution in [0.4, 0.5) is 0 Å². The van der Waals surface area contributed by atoms with Crippen LogP contribution >= 0.6 is 0 Å². The first-order valence-corrected chi connectivity index (χ1v) is 6.43. The highest BCUT2D eigenvalue weighted by Crippen LogP contribution is 2.27. The van der Waals surface area contributed by atoms with Crippen molar-refractivity contribution in [3.63, 3.8) is 0 Å². The second-order valence-electron chi connectivity index (χ2n) is 4.93. The van der Waals surface area contributed by atoms with Gasteiger partial charge in [-0.25, -0.2) is 0 Å². The summed E-state index contributed by atoms with van der Waals surface area (Å²) >= 11 is 0. The van der Waals surface area contributed by atoms with E-state index in [0.717, 1.165) is 6.54 Å². The van der Waals surface area contributed by atoms with E-state index in [2.05, 4.69) is 10.2 Å². The van der Waals surface area contributed by atoms with Crippen molar-refractivity contribution in [1.82, 2.24) is 15.1 Å². The smallest absolute Gasteiger partial charge is 0.236 e. The van der Waals surface area contributed by atoms with Gasteiger partial charge in [0.15, 0.2) is 0 Å². The summed E-state index contributed by atoms with van der Waals surface area (Å²) in [5.41, 5.74) is 0. The number of rotatable bonds is 4. The highest BCUT2D eigenvalue weighted by Gasteiger charge is 2.36. The fourth-order valence-electron chi connectivity index (χ4n) is 2.85. The van der Waals surface area contributed by atoms with Crippen molar-refractivity contribution in [2.75, 3.05) is 33.2 Å². The number of nitrogens with one attached hydrogen (secondary N) is 1. The number of likely N-dealkylation sites (N-methyl/N-ethyl adjacent to an activating group) is 1. The molecule has 2 saturated heterocycles. The van der Waals surface area contributed by atoms with Gasteiger partial charge in [-0.1, -0.05) is 0 Å². The summed E-state index contributed by atoms with van der Waals surface area (Å²) < 4.78 is 0. The fraction of sp³-hybridized carbons (Fsp3) is 0.917. The number of fused-ring (bicyclic) bond motifs is 1. The minimum Gasteiger partial charge on any atom is -0.345 e. The zero-order chi connectivity index (χ0) is 11.5. The van der Waals surface area contributed by atoms with Crippen molar-refractivity contribution in [2.24, 2.45) is 0 Å². The summed E-state index contributed by atoms with van der Waals surface area (Å²) in [6, 6.07) is 1.23. The number of hydrogen-bond acceptors (Lipinski definition) is 3. The van der Waals surface area contributed by atoms with Crippen LogP contribution in [0.1, 0.15) is 26.2 Å². The number of carbonyl (C=O) groups excluding carboxylic acids is 1. The normalized spacial score (nSPS) is 29.4. The molecule has 16 heavy (non-hydrogen) atoms. The molecule has 0 spiro atoms. The first kappa shape index (κ1) is 11.9. The Morgan fingerprint density at radius 3 is 3.00 bits per heavy atom. The standard InChI is InChI=1S/C12H23N3O/c1-3-14(2)12(16)9-13-10-6-8-15-7-4-5-11(10)15/h10-11,13H,3-9H2,1-2H3. The highest BCUT2D eigenvalue weighted by atomic mass is 16.2. The third-order valence-corrected chi connectivity index (χ3v) is 4.02. The van der Waals surface area contributed by atoms with Crippen LogP contribution in [0.2, 0.25) is 0 Å². The van der Waals surface area contributed by atoms with Crippen LogP contribution in [-0.4, -0.2) is 61.0 Å². The molecule has 2 atom stereocenters. The Hall–Kier alpha value is -0.610. The van der Waals surface area contributed by atoms with Crippen LogP contribution in [0.3, 0.4) is 0 Å². The summed E-state index contributed by atoms with van der Waals surface area (Å²) in [4.78, 5) is 16.0. The Labute approximate surface area is 98.0 Å². The molecule has 1 amide bonds. The lowest BCUT2D eigenvalue weighted by Gasteiger charge is -2.22. The summed E-state index contributed by atoms with van der Waals surface area (Å²) in [7, 11) is 1.86. The molecule has 2 fully saturated rings. The van der Waals surface area contributed by atoms with E-state index >= 15 is 0 Å². The molecular weight excluding hydrogens is 202 g/mol. The van der Waals surface area contributed by atoms with Gasteiger partial charge in [-0.05, 0) is 32.7 Å². The molecule has 2 unspecified atom stereocenters. The van der Waals surface area contributed by atoms with Crippen molar-refractivity contribution in [1.29, 1.82) is 0 Å². The maximum Gasteiger partial charge on any atom is 0.236 e. The molecular formula is C12H23N3O. The number of hydrogen-bond donors (Lipinski definition) is 1. The van der Waals surface area contributed by atoms with Gasteiger partial charge in [0.25, 0.3) is 0 Å². The molecule has 0 aromatic carbocycles. The molecule has 0 aromatic rings. The van der Waals surface area contributed by atoms with Gasteiger partial charge in [-0.3, -0.25) is 9.69 Å². The van der Waals surface area contributed by atoms with Crippen molar-refractivity contribution in [2.45, 2.75) is 38.3 Å². The third-order valence-electron chi connectivity index (χ3n) is 4.02. The van der Waals surface area contributed by atoms with E-state index in [-0.39, 0.29) is 5.91 Å². The van der Waals surface area contributed by atoms with E-state index in [4.69, 9.17) is 0 Å². The van der Waals surface area contributed by atoms with E-state index in [0.29, 0.717) is 18.6 Å². The average molecular weight is 225 g/mol. The second-order valence-corrected chi connectivity index (χ2v) is 4.93. The molecule has 4 nitrogen and oxygen atoms in total. The van der Waals surface area contributed by atoms with Crippen LogP contribution in [0.25, 0.3) is 0 Å². The molecule has 0 aromatic heterocycles. The molecule has 0 aliphatic carbocycles. The average Bonchev–Trinajstić information content (AvgIpc) is 2.87. The molecule has 92 valence electrons. The van der Waals surface area contributed by atoms with Crippen molar-refractivity contribution in [3.8, 4) is 0 Å². The molecule has 0 radical (unpaired) electrons. The lowest BCUT2D eigenvalue weighted by Crippen LogP contribution is -2.44. The first-order chi connectivity index (χ1) is 7.72. The van der Waals surface area contributed by atoms with E-state index in [1.54, 1.807) is 4.90 Å². The molecule has 2 aliphatic rings. The number of nitrogens with zero attached hydrogens (tertiary/aromatic N) is 2. The minimum atomic E-state index is 0.207. The molecule has 2 rings (SSSR count). The minimum absolute atomic E-state index is 0.207. The van der Waals surface area contributed by atoms with Crippen LogP contribution < -0.4 is 5.32 Å². The molecule has 4 heteroatoms. The van der Waals surface area contributed by atoms with Crippen LogP contribution in [-0.2, 0) is 4.79 Å². The van der Waals surface area contributed by atoms with E-state index in [1.165, 1.54) is 32.4 Å². The quantitative estimate of drug-likeness (QED) is 0.747. The van der Waals surface area contributed by atoms with Gasteiger partial charge in [0.1, 0.15) is 0 Å². The highest BCUT2D eigenvalue weighted by molar-refractivity contribution is 5.77.